The van der Waals surface area contributed by atoms with Crippen molar-refractivity contribution in [2.75, 3.05) is 27.7 Å². The van der Waals surface area contributed by atoms with E-state index in [0.29, 0.717) is 19.3 Å². The van der Waals surface area contributed by atoms with Crippen LogP contribution >= 0.6 is 0 Å². The fraction of sp³-hybridized carbons (Fsp3) is 0.756. The SMILES string of the molecule is CO[C@]1(C)C[C@H](C[C@H]2[C@H](C)[C@@H](O[C@@H]3O[C@H](C)C[C@H](N(C)C)[C@H]3O)[C@](C)(O)C[C@@H](C)CNC(=O)[C@H](Cc3c[nH]c4ccccc34)NC(=O)[C@@H]2C)O[C@@H](C)[C@@H]1O. The van der Waals surface area contributed by atoms with Gasteiger partial charge in [-0.15, -0.1) is 0 Å². The van der Waals surface area contributed by atoms with E-state index in [1.807, 2.05) is 91.0 Å². The van der Waals surface area contributed by atoms with Crippen molar-refractivity contribution >= 4 is 22.7 Å². The number of hydrogen-bond donors (Lipinski definition) is 6. The molecule has 3 saturated heterocycles. The molecule has 15 atom stereocenters. The minimum Gasteiger partial charge on any atom is -0.387 e. The maximum Gasteiger partial charge on any atom is 0.242 e. The Balaban J connectivity index is 1.53. The van der Waals surface area contributed by atoms with Crippen LogP contribution in [0.5, 0.6) is 0 Å². The van der Waals surface area contributed by atoms with E-state index in [-0.39, 0.29) is 49.3 Å². The summed E-state index contributed by atoms with van der Waals surface area (Å²) >= 11 is 0. The van der Waals surface area contributed by atoms with E-state index < -0.39 is 71.8 Å². The number of H-pyrrole nitrogens is 1. The van der Waals surface area contributed by atoms with Gasteiger partial charge in [-0.1, -0.05) is 39.0 Å². The predicted molar refractivity (Wildman–Crippen MR) is 205 cm³/mol. The molecule has 3 aliphatic heterocycles. The minimum absolute atomic E-state index is 0.180. The van der Waals surface area contributed by atoms with E-state index in [9.17, 15) is 24.9 Å². The van der Waals surface area contributed by atoms with Crippen molar-refractivity contribution in [3.05, 3.63) is 36.0 Å². The van der Waals surface area contributed by atoms with E-state index in [1.165, 1.54) is 0 Å². The molecule has 13 heteroatoms. The number of nitrogens with zero attached hydrogens (tertiary/aromatic N) is 1. The zero-order chi connectivity index (χ0) is 39.7. The molecule has 5 rings (SSSR count). The number of fused-ring (bicyclic) bond motifs is 1. The number of aromatic amines is 1. The highest BCUT2D eigenvalue weighted by molar-refractivity contribution is 5.90. The summed E-state index contributed by atoms with van der Waals surface area (Å²) in [5.74, 6) is -2.41. The molecule has 6 N–H and O–H groups in total. The predicted octanol–water partition coefficient (Wildman–Crippen LogP) is 3.14. The fourth-order valence-corrected chi connectivity index (χ4v) is 9.40. The summed E-state index contributed by atoms with van der Waals surface area (Å²) in [4.78, 5) is 33.7. The Morgan fingerprint density at radius 3 is 2.39 bits per heavy atom. The molecule has 54 heavy (non-hydrogen) atoms. The molecule has 3 aliphatic rings. The van der Waals surface area contributed by atoms with Gasteiger partial charge in [0.1, 0.15) is 18.2 Å². The number of amides is 2. The number of ether oxygens (including phenoxy) is 4. The summed E-state index contributed by atoms with van der Waals surface area (Å²) in [6.45, 7) is 13.4. The lowest BCUT2D eigenvalue weighted by atomic mass is 9.70. The minimum atomic E-state index is -1.47. The molecule has 2 amide bonds. The van der Waals surface area contributed by atoms with Gasteiger partial charge >= 0.3 is 0 Å². The van der Waals surface area contributed by atoms with Gasteiger partial charge in [-0.2, -0.15) is 0 Å². The summed E-state index contributed by atoms with van der Waals surface area (Å²) in [5, 5.41) is 42.2. The Morgan fingerprint density at radius 1 is 1.00 bits per heavy atom. The number of hydrogen-bond acceptors (Lipinski definition) is 10. The van der Waals surface area contributed by atoms with Gasteiger partial charge in [0.25, 0.3) is 0 Å². The van der Waals surface area contributed by atoms with Gasteiger partial charge < -0.3 is 54.8 Å². The van der Waals surface area contributed by atoms with Crippen molar-refractivity contribution in [3.63, 3.8) is 0 Å². The number of carbonyl (C=O) groups excluding carboxylic acids is 2. The topological polar surface area (TPSA) is 175 Å². The second-order valence-corrected chi connectivity index (χ2v) is 17.3. The lowest BCUT2D eigenvalue weighted by molar-refractivity contribution is -0.298. The van der Waals surface area contributed by atoms with Crippen LogP contribution in [0.25, 0.3) is 10.9 Å². The monoisotopic (exact) mass is 758 g/mol. The molecule has 2 aromatic rings. The number of likely N-dealkylation sites (N-methyl/N-ethyl adjacent to an activating group) is 1. The molecule has 0 aliphatic carbocycles. The van der Waals surface area contributed by atoms with Gasteiger partial charge in [0.15, 0.2) is 6.29 Å². The summed E-state index contributed by atoms with van der Waals surface area (Å²) in [6, 6.07) is 6.78. The third-order valence-electron chi connectivity index (χ3n) is 12.6. The maximum absolute atomic E-state index is 14.5. The molecule has 0 radical (unpaired) electrons. The molecule has 4 heterocycles. The molecular weight excluding hydrogens is 692 g/mol. The normalized spacial score (nSPS) is 41.8. The second kappa shape index (κ2) is 17.3. The zero-order valence-corrected chi connectivity index (χ0v) is 33.9. The van der Waals surface area contributed by atoms with Crippen LogP contribution in [0, 0.1) is 23.7 Å². The average Bonchev–Trinajstić information content (AvgIpc) is 3.52. The lowest BCUT2D eigenvalue weighted by Crippen LogP contribution is -2.59. The van der Waals surface area contributed by atoms with Gasteiger partial charge in [0.05, 0.1) is 35.6 Å². The van der Waals surface area contributed by atoms with Crippen molar-refractivity contribution < 1.29 is 43.9 Å². The molecule has 0 bridgehead atoms. The number of nitrogens with one attached hydrogen (secondary N) is 3. The number of aliphatic hydroxyl groups is 3. The van der Waals surface area contributed by atoms with Gasteiger partial charge in [0, 0.05) is 55.6 Å². The number of aromatic nitrogens is 1. The number of carbonyl (C=O) groups is 2. The van der Waals surface area contributed by atoms with Crippen LogP contribution < -0.4 is 10.6 Å². The van der Waals surface area contributed by atoms with Crippen LogP contribution in [0.3, 0.4) is 0 Å². The Morgan fingerprint density at radius 2 is 1.70 bits per heavy atom. The number of benzene rings is 1. The van der Waals surface area contributed by atoms with Gasteiger partial charge in [-0.25, -0.2) is 0 Å². The summed E-state index contributed by atoms with van der Waals surface area (Å²) in [6.07, 6.45) is -1.12. The van der Waals surface area contributed by atoms with E-state index in [2.05, 4.69) is 15.6 Å². The molecule has 304 valence electrons. The number of methoxy groups -OCH3 is 1. The van der Waals surface area contributed by atoms with E-state index in [4.69, 9.17) is 18.9 Å². The van der Waals surface area contributed by atoms with Crippen molar-refractivity contribution in [1.82, 2.24) is 20.5 Å². The standard InChI is InChI=1S/C41H66N4O9/c1-22-18-40(6,50)36(54-39-34(46)33(45(8)9)15-23(2)52-39)24(3)30(17-28-19-41(7,51-10)35(47)26(5)53-28)25(4)37(48)44-32(38(49)43-20-22)16-27-21-42-31-14-12-11-13-29(27)31/h11-14,21-26,28,30,32-36,39,42,46-47,50H,15-20H2,1-10H3,(H,43,49)(H,44,48)/t22-,23-,24+,25-,26+,28+,30+,32+,33+,34-,35+,36-,39+,40-,41-/m1/s1. The fourth-order valence-electron chi connectivity index (χ4n) is 9.40. The Labute approximate surface area is 320 Å². The van der Waals surface area contributed by atoms with Gasteiger partial charge in [-0.3, -0.25) is 9.59 Å². The quantitative estimate of drug-likeness (QED) is 0.235. The number of para-hydroxylation sites is 1. The molecular formula is C41H66N4O9. The van der Waals surface area contributed by atoms with Crippen molar-refractivity contribution in [1.29, 1.82) is 0 Å². The van der Waals surface area contributed by atoms with E-state index in [1.54, 1.807) is 14.0 Å². The molecule has 3 fully saturated rings. The highest BCUT2D eigenvalue weighted by Gasteiger charge is 2.50. The van der Waals surface area contributed by atoms with Crippen molar-refractivity contribution in [3.8, 4) is 0 Å². The van der Waals surface area contributed by atoms with Gasteiger partial charge in [-0.05, 0) is 90.4 Å². The Bertz CT molecular complexity index is 1570. The van der Waals surface area contributed by atoms with E-state index >= 15 is 0 Å². The van der Waals surface area contributed by atoms with E-state index in [0.717, 1.165) is 16.5 Å². The first-order valence-corrected chi connectivity index (χ1v) is 19.7. The van der Waals surface area contributed by atoms with Crippen LogP contribution in [0.2, 0.25) is 0 Å². The highest BCUT2D eigenvalue weighted by atomic mass is 16.7. The largest absolute Gasteiger partial charge is 0.387 e. The summed E-state index contributed by atoms with van der Waals surface area (Å²) < 4.78 is 25.3. The smallest absolute Gasteiger partial charge is 0.242 e. The first kappa shape index (κ1) is 42.5. The van der Waals surface area contributed by atoms with Gasteiger partial charge in [0.2, 0.25) is 11.8 Å². The van der Waals surface area contributed by atoms with Crippen LogP contribution in [-0.2, 0) is 35.0 Å². The first-order chi connectivity index (χ1) is 25.3. The zero-order valence-electron chi connectivity index (χ0n) is 33.9. The van der Waals surface area contributed by atoms with Crippen LogP contribution in [0.1, 0.15) is 79.7 Å². The third-order valence-corrected chi connectivity index (χ3v) is 12.6. The van der Waals surface area contributed by atoms with Crippen molar-refractivity contribution in [2.24, 2.45) is 23.7 Å². The highest BCUT2D eigenvalue weighted by Crippen LogP contribution is 2.42. The first-order valence-electron chi connectivity index (χ1n) is 19.7. The van der Waals surface area contributed by atoms with Crippen LogP contribution in [-0.4, -0.2) is 131 Å². The average molecular weight is 759 g/mol. The Kier molecular flexibility index (Phi) is 13.6. The second-order valence-electron chi connectivity index (χ2n) is 17.3. The number of rotatable bonds is 8. The summed E-state index contributed by atoms with van der Waals surface area (Å²) in [7, 11) is 5.40. The molecule has 0 unspecified atom stereocenters. The number of aliphatic hydroxyl groups excluding tert-OH is 2. The maximum atomic E-state index is 14.5. The summed E-state index contributed by atoms with van der Waals surface area (Å²) in [5.41, 5.74) is -0.487. The molecule has 1 aromatic heterocycles. The third kappa shape index (κ3) is 9.32. The van der Waals surface area contributed by atoms with Crippen molar-refractivity contribution in [2.45, 2.75) is 147 Å². The van der Waals surface area contributed by atoms with Crippen LogP contribution in [0.15, 0.2) is 30.5 Å². The molecule has 0 saturated carbocycles. The Hall–Kier alpha value is -2.62. The lowest BCUT2D eigenvalue weighted by Gasteiger charge is -2.49. The molecule has 13 nitrogen and oxygen atoms in total. The molecule has 1 aromatic carbocycles. The van der Waals surface area contributed by atoms with Crippen LogP contribution in [0.4, 0.5) is 0 Å². The molecule has 0 spiro atoms.